The number of piperazine rings is 1. The molecule has 1 aliphatic heterocycles. The van der Waals surface area contributed by atoms with Gasteiger partial charge in [-0.05, 0) is 37.1 Å². The number of hydrogen-bond donors (Lipinski definition) is 2. The van der Waals surface area contributed by atoms with E-state index < -0.39 is 15.9 Å². The Labute approximate surface area is 148 Å². The normalized spacial score (nSPS) is 15.9. The molecule has 1 aromatic carbocycles. The maximum Gasteiger partial charge on any atom is 0.243 e. The van der Waals surface area contributed by atoms with Crippen LogP contribution < -0.4 is 11.1 Å². The van der Waals surface area contributed by atoms with Crippen molar-refractivity contribution in [3.63, 3.8) is 0 Å². The summed E-state index contributed by atoms with van der Waals surface area (Å²) in [6.07, 6.45) is 0. The predicted molar refractivity (Wildman–Crippen MR) is 93.3 cm³/mol. The van der Waals surface area contributed by atoms with Crippen LogP contribution in [0.15, 0.2) is 23.1 Å². The van der Waals surface area contributed by atoms with Crippen LogP contribution in [0.4, 0.5) is 0 Å². The molecular formula is C16H24N4O4S. The number of carbonyl (C=O) groups excluding carboxylic acids is 2. The summed E-state index contributed by atoms with van der Waals surface area (Å²) in [4.78, 5) is 24.9. The van der Waals surface area contributed by atoms with Gasteiger partial charge in [-0.2, -0.15) is 4.31 Å². The average Bonchev–Trinajstić information content (AvgIpc) is 2.61. The van der Waals surface area contributed by atoms with Crippen molar-refractivity contribution < 1.29 is 18.0 Å². The average molecular weight is 368 g/mol. The first-order valence-corrected chi connectivity index (χ1v) is 9.51. The lowest BCUT2D eigenvalue weighted by atomic mass is 10.1. The van der Waals surface area contributed by atoms with Gasteiger partial charge in [-0.1, -0.05) is 6.07 Å². The summed E-state index contributed by atoms with van der Waals surface area (Å²) in [5, 5.41) is 2.42. The molecule has 0 saturated carbocycles. The van der Waals surface area contributed by atoms with E-state index >= 15 is 0 Å². The fraction of sp³-hybridized carbons (Fsp3) is 0.500. The fourth-order valence-corrected chi connectivity index (χ4v) is 4.07. The molecule has 0 aromatic heterocycles. The second-order valence-corrected chi connectivity index (χ2v) is 7.95. The summed E-state index contributed by atoms with van der Waals surface area (Å²) in [7, 11) is -3.57. The number of rotatable bonds is 5. The smallest absolute Gasteiger partial charge is 0.243 e. The molecule has 1 heterocycles. The molecular weight excluding hydrogens is 344 g/mol. The Morgan fingerprint density at radius 3 is 2.32 bits per heavy atom. The summed E-state index contributed by atoms with van der Waals surface area (Å²) in [5.74, 6) is -0.644. The van der Waals surface area contributed by atoms with Crippen molar-refractivity contribution in [1.82, 2.24) is 14.5 Å². The lowest BCUT2D eigenvalue weighted by molar-refractivity contribution is -0.133. The Kier molecular flexibility index (Phi) is 6.15. The summed E-state index contributed by atoms with van der Waals surface area (Å²) >= 11 is 0. The first-order chi connectivity index (χ1) is 11.8. The maximum absolute atomic E-state index is 12.7. The molecule has 25 heavy (non-hydrogen) atoms. The molecule has 1 fully saturated rings. The van der Waals surface area contributed by atoms with Crippen LogP contribution in [0.3, 0.4) is 0 Å². The van der Waals surface area contributed by atoms with E-state index in [-0.39, 0.29) is 37.0 Å². The Hall–Kier alpha value is -1.97. The standard InChI is InChI=1S/C16H24N4O4S/c1-12-3-4-14(9-13(12)2)25(23,24)20-7-5-19(6-8-20)16(22)11-18-15(21)10-17/h3-4,9H,5-8,10-11,17H2,1-2H3,(H,18,21). The van der Waals surface area contributed by atoms with Gasteiger partial charge in [-0.25, -0.2) is 8.42 Å². The SMILES string of the molecule is Cc1ccc(S(=O)(=O)N2CCN(C(=O)CNC(=O)CN)CC2)cc1C. The van der Waals surface area contributed by atoms with E-state index in [2.05, 4.69) is 5.32 Å². The summed E-state index contributed by atoms with van der Waals surface area (Å²) < 4.78 is 26.9. The van der Waals surface area contributed by atoms with Crippen LogP contribution in [-0.4, -0.2) is 68.7 Å². The highest BCUT2D eigenvalue weighted by atomic mass is 32.2. The van der Waals surface area contributed by atoms with Crippen LogP contribution in [0.25, 0.3) is 0 Å². The van der Waals surface area contributed by atoms with Gasteiger partial charge in [0.15, 0.2) is 0 Å². The summed E-state index contributed by atoms with van der Waals surface area (Å²) in [5.41, 5.74) is 7.13. The molecule has 0 unspecified atom stereocenters. The van der Waals surface area contributed by atoms with E-state index in [1.54, 1.807) is 23.1 Å². The predicted octanol–water partition coefficient (Wildman–Crippen LogP) is -0.789. The van der Waals surface area contributed by atoms with E-state index in [0.29, 0.717) is 13.1 Å². The number of nitrogens with one attached hydrogen (secondary N) is 1. The minimum absolute atomic E-state index is 0.125. The number of hydrogen-bond acceptors (Lipinski definition) is 5. The van der Waals surface area contributed by atoms with Crippen LogP contribution in [0.1, 0.15) is 11.1 Å². The number of nitrogens with two attached hydrogens (primary N) is 1. The molecule has 1 aliphatic rings. The maximum atomic E-state index is 12.7. The molecule has 0 spiro atoms. The molecule has 1 saturated heterocycles. The molecule has 0 aliphatic carbocycles. The van der Waals surface area contributed by atoms with E-state index in [9.17, 15) is 18.0 Å². The van der Waals surface area contributed by atoms with Crippen molar-refractivity contribution in [1.29, 1.82) is 0 Å². The van der Waals surface area contributed by atoms with Crippen LogP contribution in [-0.2, 0) is 19.6 Å². The number of nitrogens with zero attached hydrogens (tertiary/aromatic N) is 2. The van der Waals surface area contributed by atoms with E-state index in [4.69, 9.17) is 5.73 Å². The highest BCUT2D eigenvalue weighted by molar-refractivity contribution is 7.89. The second kappa shape index (κ2) is 7.94. The molecule has 9 heteroatoms. The number of carbonyl (C=O) groups is 2. The third-order valence-electron chi connectivity index (χ3n) is 4.33. The van der Waals surface area contributed by atoms with Gasteiger partial charge in [0.05, 0.1) is 18.0 Å². The molecule has 2 rings (SSSR count). The molecule has 1 aromatic rings. The Morgan fingerprint density at radius 2 is 1.76 bits per heavy atom. The van der Waals surface area contributed by atoms with E-state index in [1.807, 2.05) is 13.8 Å². The summed E-state index contributed by atoms with van der Waals surface area (Å²) in [6.45, 7) is 4.55. The number of aryl methyl sites for hydroxylation is 2. The van der Waals surface area contributed by atoms with Crippen LogP contribution in [0, 0.1) is 13.8 Å². The molecule has 138 valence electrons. The van der Waals surface area contributed by atoms with Gasteiger partial charge in [0.2, 0.25) is 21.8 Å². The molecule has 0 radical (unpaired) electrons. The second-order valence-electron chi connectivity index (χ2n) is 6.01. The zero-order valence-electron chi connectivity index (χ0n) is 14.5. The van der Waals surface area contributed by atoms with Crippen LogP contribution in [0.2, 0.25) is 0 Å². The largest absolute Gasteiger partial charge is 0.346 e. The number of amides is 2. The van der Waals surface area contributed by atoms with Gasteiger partial charge in [0.1, 0.15) is 0 Å². The van der Waals surface area contributed by atoms with Crippen molar-refractivity contribution >= 4 is 21.8 Å². The lowest BCUT2D eigenvalue weighted by Crippen LogP contribution is -2.52. The molecule has 8 nitrogen and oxygen atoms in total. The first-order valence-electron chi connectivity index (χ1n) is 8.07. The van der Waals surface area contributed by atoms with Gasteiger partial charge in [0.25, 0.3) is 0 Å². The third kappa shape index (κ3) is 4.56. The quantitative estimate of drug-likeness (QED) is 0.707. The number of sulfonamides is 1. The Bertz CT molecular complexity index is 755. The van der Waals surface area contributed by atoms with Gasteiger partial charge >= 0.3 is 0 Å². The zero-order chi connectivity index (χ0) is 18.6. The van der Waals surface area contributed by atoms with Crippen LogP contribution >= 0.6 is 0 Å². The van der Waals surface area contributed by atoms with Gasteiger partial charge < -0.3 is 16.0 Å². The zero-order valence-corrected chi connectivity index (χ0v) is 15.3. The topological polar surface area (TPSA) is 113 Å². The van der Waals surface area contributed by atoms with E-state index in [1.165, 1.54) is 4.31 Å². The van der Waals surface area contributed by atoms with Gasteiger partial charge in [-0.15, -0.1) is 0 Å². The van der Waals surface area contributed by atoms with Crippen molar-refractivity contribution in [3.8, 4) is 0 Å². The van der Waals surface area contributed by atoms with E-state index in [0.717, 1.165) is 11.1 Å². The molecule has 2 amide bonds. The molecule has 0 atom stereocenters. The highest BCUT2D eigenvalue weighted by Crippen LogP contribution is 2.20. The van der Waals surface area contributed by atoms with Gasteiger partial charge in [-0.3, -0.25) is 9.59 Å². The first kappa shape index (κ1) is 19.4. The summed E-state index contributed by atoms with van der Waals surface area (Å²) in [6, 6.07) is 5.07. The van der Waals surface area contributed by atoms with Crippen molar-refractivity contribution in [2.75, 3.05) is 39.3 Å². The number of benzene rings is 1. The minimum Gasteiger partial charge on any atom is -0.346 e. The Balaban J connectivity index is 1.97. The van der Waals surface area contributed by atoms with Crippen molar-refractivity contribution in [3.05, 3.63) is 29.3 Å². The fourth-order valence-electron chi connectivity index (χ4n) is 2.56. The van der Waals surface area contributed by atoms with Crippen molar-refractivity contribution in [2.45, 2.75) is 18.7 Å². The van der Waals surface area contributed by atoms with Crippen molar-refractivity contribution in [2.24, 2.45) is 5.73 Å². The molecule has 3 N–H and O–H groups in total. The van der Waals surface area contributed by atoms with Crippen LogP contribution in [0.5, 0.6) is 0 Å². The minimum atomic E-state index is -3.57. The highest BCUT2D eigenvalue weighted by Gasteiger charge is 2.30. The lowest BCUT2D eigenvalue weighted by Gasteiger charge is -2.34. The molecule has 0 bridgehead atoms. The van der Waals surface area contributed by atoms with Gasteiger partial charge in [0, 0.05) is 26.2 Å². The monoisotopic (exact) mass is 368 g/mol. The third-order valence-corrected chi connectivity index (χ3v) is 6.22. The Morgan fingerprint density at radius 1 is 1.12 bits per heavy atom.